The van der Waals surface area contributed by atoms with Gasteiger partial charge in [-0.15, -0.1) is 0 Å². The number of rotatable bonds is 5. The van der Waals surface area contributed by atoms with Crippen molar-refractivity contribution >= 4 is 21.6 Å². The summed E-state index contributed by atoms with van der Waals surface area (Å²) in [4.78, 5) is 12.3. The molecule has 0 spiro atoms. The van der Waals surface area contributed by atoms with E-state index in [4.69, 9.17) is 4.42 Å². The molecule has 2 aromatic rings. The topological polar surface area (TPSA) is 79.6 Å². The fourth-order valence-electron chi connectivity index (χ4n) is 2.80. The molecule has 3 rings (SSSR count). The number of nitrogens with zero attached hydrogens (tertiary/aromatic N) is 1. The number of amides is 1. The zero-order chi connectivity index (χ0) is 17.2. The largest absolute Gasteiger partial charge is 0.466 e. The van der Waals surface area contributed by atoms with Gasteiger partial charge in [0.2, 0.25) is 15.9 Å². The summed E-state index contributed by atoms with van der Waals surface area (Å²) in [6.45, 7) is 2.85. The molecule has 128 valence electrons. The molecule has 7 heteroatoms. The highest BCUT2D eigenvalue weighted by Gasteiger charge is 2.29. The Morgan fingerprint density at radius 1 is 1.17 bits per heavy atom. The normalized spacial score (nSPS) is 15.5. The van der Waals surface area contributed by atoms with Crippen LogP contribution < -0.4 is 5.32 Å². The summed E-state index contributed by atoms with van der Waals surface area (Å²) in [5.74, 6) is 0.966. The van der Waals surface area contributed by atoms with E-state index in [2.05, 4.69) is 5.32 Å². The smallest absolute Gasteiger partial charge is 0.245 e. The van der Waals surface area contributed by atoms with E-state index in [9.17, 15) is 13.2 Å². The predicted molar refractivity (Wildman–Crippen MR) is 90.2 cm³/mol. The Kier molecular flexibility index (Phi) is 4.73. The van der Waals surface area contributed by atoms with Crippen LogP contribution in [0.5, 0.6) is 0 Å². The van der Waals surface area contributed by atoms with E-state index in [1.165, 1.54) is 10.4 Å². The molecule has 6 nitrogen and oxygen atoms in total. The lowest BCUT2D eigenvalue weighted by molar-refractivity contribution is -0.115. The van der Waals surface area contributed by atoms with Crippen LogP contribution in [-0.4, -0.2) is 31.7 Å². The van der Waals surface area contributed by atoms with Gasteiger partial charge in [-0.25, -0.2) is 8.42 Å². The molecule has 24 heavy (non-hydrogen) atoms. The van der Waals surface area contributed by atoms with E-state index >= 15 is 0 Å². The summed E-state index contributed by atoms with van der Waals surface area (Å²) in [5, 5.41) is 2.69. The molecule has 0 bridgehead atoms. The molecule has 1 amide bonds. The van der Waals surface area contributed by atoms with E-state index in [-0.39, 0.29) is 17.2 Å². The van der Waals surface area contributed by atoms with Gasteiger partial charge < -0.3 is 9.73 Å². The Balaban J connectivity index is 1.80. The minimum Gasteiger partial charge on any atom is -0.466 e. The predicted octanol–water partition coefficient (Wildman–Crippen LogP) is 2.55. The highest BCUT2D eigenvalue weighted by atomic mass is 32.2. The van der Waals surface area contributed by atoms with Gasteiger partial charge in [0, 0.05) is 13.1 Å². The number of sulfonamides is 1. The summed E-state index contributed by atoms with van der Waals surface area (Å²) in [5.41, 5.74) is 0.303. The average Bonchev–Trinajstić information content (AvgIpc) is 3.20. The highest BCUT2D eigenvalue weighted by molar-refractivity contribution is 7.89. The Bertz CT molecular complexity index is 836. The first kappa shape index (κ1) is 16.7. The quantitative estimate of drug-likeness (QED) is 0.900. The van der Waals surface area contributed by atoms with Crippen molar-refractivity contribution in [3.8, 4) is 0 Å². The van der Waals surface area contributed by atoms with Crippen LogP contribution in [0.3, 0.4) is 0 Å². The van der Waals surface area contributed by atoms with Crippen LogP contribution in [0.25, 0.3) is 0 Å². The van der Waals surface area contributed by atoms with Crippen LogP contribution in [0.15, 0.2) is 45.7 Å². The van der Waals surface area contributed by atoms with Crippen LogP contribution in [0, 0.1) is 6.92 Å². The summed E-state index contributed by atoms with van der Waals surface area (Å²) >= 11 is 0. The second-order valence-electron chi connectivity index (χ2n) is 5.84. The minimum absolute atomic E-state index is 0.0614. The maximum absolute atomic E-state index is 12.8. The van der Waals surface area contributed by atoms with E-state index in [0.29, 0.717) is 24.5 Å². The Morgan fingerprint density at radius 3 is 2.54 bits per heavy atom. The summed E-state index contributed by atoms with van der Waals surface area (Å²) in [7, 11) is -3.59. The lowest BCUT2D eigenvalue weighted by Crippen LogP contribution is -2.29. The maximum atomic E-state index is 12.8. The first-order valence-electron chi connectivity index (χ1n) is 7.91. The molecule has 0 atom stereocenters. The van der Waals surface area contributed by atoms with Gasteiger partial charge in [-0.3, -0.25) is 4.79 Å². The molecular weight excluding hydrogens is 328 g/mol. The number of carbonyl (C=O) groups excluding carboxylic acids is 1. The van der Waals surface area contributed by atoms with Crippen molar-refractivity contribution in [2.45, 2.75) is 31.1 Å². The average molecular weight is 348 g/mol. The summed E-state index contributed by atoms with van der Waals surface area (Å²) in [6.07, 6.45) is 1.79. The van der Waals surface area contributed by atoms with Crippen molar-refractivity contribution in [2.24, 2.45) is 0 Å². The Hall–Kier alpha value is -2.12. The van der Waals surface area contributed by atoms with Gasteiger partial charge in [-0.05, 0) is 44.0 Å². The van der Waals surface area contributed by atoms with Crippen molar-refractivity contribution in [3.05, 3.63) is 47.9 Å². The van der Waals surface area contributed by atoms with Gasteiger partial charge in [0.1, 0.15) is 16.4 Å². The van der Waals surface area contributed by atoms with Crippen molar-refractivity contribution < 1.29 is 17.6 Å². The zero-order valence-corrected chi connectivity index (χ0v) is 14.3. The van der Waals surface area contributed by atoms with Crippen molar-refractivity contribution in [3.63, 3.8) is 0 Å². The lowest BCUT2D eigenvalue weighted by atomic mass is 10.3. The van der Waals surface area contributed by atoms with Crippen LogP contribution in [0.4, 0.5) is 5.69 Å². The van der Waals surface area contributed by atoms with Gasteiger partial charge in [0.15, 0.2) is 0 Å². The van der Waals surface area contributed by atoms with E-state index < -0.39 is 10.0 Å². The molecule has 2 heterocycles. The summed E-state index contributed by atoms with van der Waals surface area (Å²) in [6, 6.07) is 10.0. The van der Waals surface area contributed by atoms with Gasteiger partial charge in [0.05, 0.1) is 12.1 Å². The number of aryl methyl sites for hydroxylation is 1. The molecule has 1 saturated heterocycles. The molecule has 1 fully saturated rings. The van der Waals surface area contributed by atoms with E-state index in [0.717, 1.165) is 18.6 Å². The lowest BCUT2D eigenvalue weighted by Gasteiger charge is -2.18. The first-order valence-corrected chi connectivity index (χ1v) is 9.35. The molecule has 0 saturated carbocycles. The van der Waals surface area contributed by atoms with Crippen LogP contribution in [0.1, 0.15) is 24.4 Å². The molecule has 1 aromatic heterocycles. The number of nitrogens with one attached hydrogen (secondary N) is 1. The molecule has 1 aliphatic heterocycles. The van der Waals surface area contributed by atoms with Crippen LogP contribution >= 0.6 is 0 Å². The van der Waals surface area contributed by atoms with Crippen molar-refractivity contribution in [2.75, 3.05) is 18.4 Å². The van der Waals surface area contributed by atoms with Crippen molar-refractivity contribution in [1.82, 2.24) is 4.31 Å². The third-order valence-electron chi connectivity index (χ3n) is 3.97. The molecular formula is C17H20N2O4S. The SMILES string of the molecule is Cc1ccc(CC(=O)Nc2ccccc2S(=O)(=O)N2CCCC2)o1. The van der Waals surface area contributed by atoms with Crippen LogP contribution in [0.2, 0.25) is 0 Å². The van der Waals surface area contributed by atoms with Gasteiger partial charge >= 0.3 is 0 Å². The van der Waals surface area contributed by atoms with E-state index in [1.54, 1.807) is 37.3 Å². The van der Waals surface area contributed by atoms with Gasteiger partial charge in [0.25, 0.3) is 0 Å². The zero-order valence-electron chi connectivity index (χ0n) is 13.5. The molecule has 1 N–H and O–H groups in total. The van der Waals surface area contributed by atoms with Crippen LogP contribution in [-0.2, 0) is 21.2 Å². The second-order valence-corrected chi connectivity index (χ2v) is 7.75. The number of para-hydroxylation sites is 1. The number of hydrogen-bond donors (Lipinski definition) is 1. The third kappa shape index (κ3) is 3.52. The highest BCUT2D eigenvalue weighted by Crippen LogP contribution is 2.27. The minimum atomic E-state index is -3.59. The maximum Gasteiger partial charge on any atom is 0.245 e. The third-order valence-corrected chi connectivity index (χ3v) is 5.93. The fourth-order valence-corrected chi connectivity index (χ4v) is 4.46. The molecule has 0 unspecified atom stereocenters. The molecule has 1 aliphatic rings. The molecule has 0 radical (unpaired) electrons. The van der Waals surface area contributed by atoms with Gasteiger partial charge in [-0.1, -0.05) is 12.1 Å². The number of anilines is 1. The van der Waals surface area contributed by atoms with E-state index in [1.807, 2.05) is 0 Å². The van der Waals surface area contributed by atoms with Gasteiger partial charge in [-0.2, -0.15) is 4.31 Å². The number of furan rings is 1. The monoisotopic (exact) mass is 348 g/mol. The molecule has 0 aliphatic carbocycles. The number of carbonyl (C=O) groups is 1. The Labute approximate surface area is 141 Å². The second kappa shape index (κ2) is 6.78. The number of hydrogen-bond acceptors (Lipinski definition) is 4. The fraction of sp³-hybridized carbons (Fsp3) is 0.353. The molecule has 1 aromatic carbocycles. The number of benzene rings is 1. The van der Waals surface area contributed by atoms with Crippen molar-refractivity contribution in [1.29, 1.82) is 0 Å². The first-order chi connectivity index (χ1) is 11.5. The summed E-state index contributed by atoms with van der Waals surface area (Å²) < 4.78 is 32.4. The standard InChI is InChI=1S/C17H20N2O4S/c1-13-8-9-14(23-13)12-17(20)18-15-6-2-3-7-16(15)24(21,22)19-10-4-5-11-19/h2-3,6-9H,4-5,10-12H2,1H3,(H,18,20). The Morgan fingerprint density at radius 2 is 1.88 bits per heavy atom.